The molecule has 0 saturated heterocycles. The Bertz CT molecular complexity index is 705. The van der Waals surface area contributed by atoms with Gasteiger partial charge < -0.3 is 10.6 Å². The summed E-state index contributed by atoms with van der Waals surface area (Å²) >= 11 is 5.61. The third-order valence-corrected chi connectivity index (χ3v) is 3.76. The molecule has 0 spiro atoms. The van der Waals surface area contributed by atoms with Crippen LogP contribution >= 0.6 is 11.6 Å². The van der Waals surface area contributed by atoms with Gasteiger partial charge in [-0.3, -0.25) is 4.79 Å². The van der Waals surface area contributed by atoms with Gasteiger partial charge in [-0.2, -0.15) is 13.2 Å². The molecule has 2 aromatic rings. The Kier molecular flexibility index (Phi) is 6.84. The quantitative estimate of drug-likeness (QED) is 0.703. The van der Waals surface area contributed by atoms with E-state index >= 15 is 0 Å². The summed E-state index contributed by atoms with van der Waals surface area (Å²) in [6, 6.07) is 13.1. The van der Waals surface area contributed by atoms with E-state index in [9.17, 15) is 18.0 Å². The summed E-state index contributed by atoms with van der Waals surface area (Å²) in [6.45, 7) is 1.07. The minimum Gasteiger partial charge on any atom is -0.325 e. The maximum Gasteiger partial charge on any atom is 0.418 e. The molecule has 134 valence electrons. The van der Waals surface area contributed by atoms with E-state index in [0.717, 1.165) is 18.6 Å². The van der Waals surface area contributed by atoms with E-state index in [2.05, 4.69) is 10.6 Å². The fourth-order valence-corrected chi connectivity index (χ4v) is 2.45. The van der Waals surface area contributed by atoms with Crippen LogP contribution in [0.2, 0.25) is 5.02 Å². The molecule has 0 fully saturated rings. The number of anilines is 1. The molecule has 2 N–H and O–H groups in total. The summed E-state index contributed by atoms with van der Waals surface area (Å²) < 4.78 is 38.9. The fourth-order valence-electron chi connectivity index (χ4n) is 2.28. The van der Waals surface area contributed by atoms with Crippen LogP contribution in [0.1, 0.15) is 17.5 Å². The van der Waals surface area contributed by atoms with Crippen molar-refractivity contribution in [2.24, 2.45) is 0 Å². The highest BCUT2D eigenvalue weighted by atomic mass is 35.5. The number of hydrogen-bond donors (Lipinski definition) is 2. The first kappa shape index (κ1) is 19.3. The number of carbonyl (C=O) groups excluding carboxylic acids is 1. The van der Waals surface area contributed by atoms with Crippen molar-refractivity contribution in [2.75, 3.05) is 18.4 Å². The molecule has 7 heteroatoms. The van der Waals surface area contributed by atoms with Gasteiger partial charge in [0.15, 0.2) is 0 Å². The molecule has 0 aromatic heterocycles. The van der Waals surface area contributed by atoms with Crippen LogP contribution < -0.4 is 10.6 Å². The van der Waals surface area contributed by atoms with Crippen molar-refractivity contribution in [3.05, 3.63) is 64.7 Å². The lowest BCUT2D eigenvalue weighted by molar-refractivity contribution is -0.137. The summed E-state index contributed by atoms with van der Waals surface area (Å²) in [7, 11) is 0. The second-order valence-electron chi connectivity index (χ2n) is 5.47. The first-order chi connectivity index (χ1) is 11.9. The van der Waals surface area contributed by atoms with Gasteiger partial charge in [0.25, 0.3) is 0 Å². The Morgan fingerprint density at radius 2 is 1.76 bits per heavy atom. The van der Waals surface area contributed by atoms with Crippen molar-refractivity contribution in [3.8, 4) is 0 Å². The van der Waals surface area contributed by atoms with E-state index in [0.29, 0.717) is 13.1 Å². The number of carbonyl (C=O) groups is 1. The van der Waals surface area contributed by atoms with Crippen LogP contribution in [0, 0.1) is 0 Å². The maximum atomic E-state index is 13.0. The Morgan fingerprint density at radius 3 is 2.44 bits per heavy atom. The van der Waals surface area contributed by atoms with Crippen molar-refractivity contribution in [1.82, 2.24) is 5.32 Å². The third kappa shape index (κ3) is 6.40. The second kappa shape index (κ2) is 8.87. The summed E-state index contributed by atoms with van der Waals surface area (Å²) in [6.07, 6.45) is -3.69. The van der Waals surface area contributed by atoms with Crippen molar-refractivity contribution < 1.29 is 18.0 Å². The number of nitrogens with one attached hydrogen (secondary N) is 2. The molecular formula is C18H18ClF3N2O. The number of alkyl halides is 3. The summed E-state index contributed by atoms with van der Waals surface area (Å²) in [5.41, 5.74) is -0.0630. The third-order valence-electron chi connectivity index (χ3n) is 3.52. The van der Waals surface area contributed by atoms with Crippen LogP contribution in [0.4, 0.5) is 18.9 Å². The zero-order valence-corrected chi connectivity index (χ0v) is 14.1. The normalized spacial score (nSPS) is 11.4. The van der Waals surface area contributed by atoms with Gasteiger partial charge in [0, 0.05) is 18.0 Å². The molecule has 3 nitrogen and oxygen atoms in total. The second-order valence-corrected chi connectivity index (χ2v) is 5.91. The van der Waals surface area contributed by atoms with Gasteiger partial charge in [0.2, 0.25) is 5.91 Å². The van der Waals surface area contributed by atoms with Gasteiger partial charge in [-0.05, 0) is 36.7 Å². The molecule has 0 aliphatic heterocycles. The van der Waals surface area contributed by atoms with Gasteiger partial charge in [-0.1, -0.05) is 41.9 Å². The topological polar surface area (TPSA) is 41.1 Å². The van der Waals surface area contributed by atoms with E-state index in [-0.39, 0.29) is 17.1 Å². The number of halogens is 4. The van der Waals surface area contributed by atoms with Gasteiger partial charge in [0.1, 0.15) is 0 Å². The molecule has 0 atom stereocenters. The first-order valence-electron chi connectivity index (χ1n) is 7.77. The molecular weight excluding hydrogens is 353 g/mol. The lowest BCUT2D eigenvalue weighted by atomic mass is 10.1. The molecule has 0 aliphatic carbocycles. The standard InChI is InChI=1S/C18H18ClF3N2O/c19-14-6-7-16(15(12-14)18(20,21)22)24-17(25)9-11-23-10-8-13-4-2-1-3-5-13/h1-7,12,23H,8-11H2,(H,24,25). The zero-order valence-electron chi connectivity index (χ0n) is 13.4. The van der Waals surface area contributed by atoms with Gasteiger partial charge in [-0.15, -0.1) is 0 Å². The van der Waals surface area contributed by atoms with Crippen molar-refractivity contribution in [2.45, 2.75) is 19.0 Å². The van der Waals surface area contributed by atoms with Crippen molar-refractivity contribution in [3.63, 3.8) is 0 Å². The largest absolute Gasteiger partial charge is 0.418 e. The fraction of sp³-hybridized carbons (Fsp3) is 0.278. The number of benzene rings is 2. The Hall–Kier alpha value is -2.05. The smallest absolute Gasteiger partial charge is 0.325 e. The highest BCUT2D eigenvalue weighted by molar-refractivity contribution is 6.30. The molecule has 25 heavy (non-hydrogen) atoms. The van der Waals surface area contributed by atoms with Crippen molar-refractivity contribution in [1.29, 1.82) is 0 Å². The van der Waals surface area contributed by atoms with Crippen molar-refractivity contribution >= 4 is 23.2 Å². The molecule has 0 unspecified atom stereocenters. The molecule has 0 radical (unpaired) electrons. The van der Waals surface area contributed by atoms with Crippen LogP contribution in [0.15, 0.2) is 48.5 Å². The number of amides is 1. The van der Waals surface area contributed by atoms with E-state index in [1.165, 1.54) is 11.6 Å². The molecule has 0 heterocycles. The monoisotopic (exact) mass is 370 g/mol. The minimum atomic E-state index is -4.58. The van der Waals surface area contributed by atoms with Gasteiger partial charge >= 0.3 is 6.18 Å². The number of rotatable bonds is 7. The highest BCUT2D eigenvalue weighted by Gasteiger charge is 2.34. The SMILES string of the molecule is O=C(CCNCCc1ccccc1)Nc1ccc(Cl)cc1C(F)(F)F. The lowest BCUT2D eigenvalue weighted by Gasteiger charge is -2.14. The average Bonchev–Trinajstić information content (AvgIpc) is 2.56. The van der Waals surface area contributed by atoms with Gasteiger partial charge in [0.05, 0.1) is 11.3 Å². The van der Waals surface area contributed by atoms with Gasteiger partial charge in [-0.25, -0.2) is 0 Å². The lowest BCUT2D eigenvalue weighted by Crippen LogP contribution is -2.24. The zero-order chi connectivity index (χ0) is 18.3. The molecule has 0 bridgehead atoms. The average molecular weight is 371 g/mol. The molecule has 2 rings (SSSR count). The minimum absolute atomic E-state index is 0.0343. The van der Waals surface area contributed by atoms with E-state index in [4.69, 9.17) is 11.6 Å². The van der Waals surface area contributed by atoms with Crippen LogP contribution in [0.25, 0.3) is 0 Å². The van der Waals surface area contributed by atoms with Crippen LogP contribution in [-0.4, -0.2) is 19.0 Å². The molecule has 0 saturated carbocycles. The van der Waals surface area contributed by atoms with Crippen LogP contribution in [-0.2, 0) is 17.4 Å². The Balaban J connectivity index is 1.79. The summed E-state index contributed by atoms with van der Waals surface area (Å²) in [5, 5.41) is 5.36. The van der Waals surface area contributed by atoms with E-state index < -0.39 is 17.6 Å². The molecule has 2 aromatic carbocycles. The molecule has 0 aliphatic rings. The number of hydrogen-bond acceptors (Lipinski definition) is 2. The maximum absolute atomic E-state index is 13.0. The van der Waals surface area contributed by atoms with Crippen LogP contribution in [0.3, 0.4) is 0 Å². The predicted molar refractivity (Wildman–Crippen MR) is 92.7 cm³/mol. The summed E-state index contributed by atoms with van der Waals surface area (Å²) in [4.78, 5) is 11.9. The molecule has 1 amide bonds. The van der Waals surface area contributed by atoms with E-state index in [1.54, 1.807) is 0 Å². The Labute approximate surface area is 149 Å². The first-order valence-corrected chi connectivity index (χ1v) is 8.15. The highest BCUT2D eigenvalue weighted by Crippen LogP contribution is 2.36. The Morgan fingerprint density at radius 1 is 1.04 bits per heavy atom. The summed E-state index contributed by atoms with van der Waals surface area (Å²) in [5.74, 6) is -0.486. The predicted octanol–water partition coefficient (Wildman–Crippen LogP) is 4.52. The van der Waals surface area contributed by atoms with Crippen LogP contribution in [0.5, 0.6) is 0 Å². The van der Waals surface area contributed by atoms with E-state index in [1.807, 2.05) is 30.3 Å².